The summed E-state index contributed by atoms with van der Waals surface area (Å²) in [7, 11) is 0. The Kier molecular flexibility index (Phi) is 3.33. The third kappa shape index (κ3) is 2.79. The van der Waals surface area contributed by atoms with Crippen LogP contribution in [0.25, 0.3) is 6.08 Å². The van der Waals surface area contributed by atoms with Gasteiger partial charge >= 0.3 is 12.0 Å². The van der Waals surface area contributed by atoms with E-state index in [1.807, 2.05) is 31.2 Å². The number of imide groups is 1. The molecule has 2 N–H and O–H groups in total. The van der Waals surface area contributed by atoms with E-state index in [-0.39, 0.29) is 5.70 Å². The van der Waals surface area contributed by atoms with Crippen LogP contribution in [0.4, 0.5) is 4.79 Å². The average Bonchev–Trinajstić information content (AvgIpc) is 2.60. The molecule has 3 amide bonds. The highest BCUT2D eigenvalue weighted by Crippen LogP contribution is 2.14. The number of hydrogen-bond donors (Lipinski definition) is 2. The molecule has 1 fully saturated rings. The molecule has 1 aliphatic heterocycles. The van der Waals surface area contributed by atoms with Crippen molar-refractivity contribution in [2.45, 2.75) is 6.92 Å². The molecule has 0 aliphatic carbocycles. The maximum absolute atomic E-state index is 11.8. The molecule has 0 saturated carbocycles. The predicted octanol–water partition coefficient (Wildman–Crippen LogP) is 0.972. The van der Waals surface area contributed by atoms with Crippen molar-refractivity contribution in [1.82, 2.24) is 10.2 Å². The second-order valence-corrected chi connectivity index (χ2v) is 4.18. The van der Waals surface area contributed by atoms with Gasteiger partial charge in [-0.2, -0.15) is 0 Å². The van der Waals surface area contributed by atoms with Gasteiger partial charge in [0.15, 0.2) is 0 Å². The summed E-state index contributed by atoms with van der Waals surface area (Å²) in [4.78, 5) is 34.5. The molecule has 1 aromatic carbocycles. The Morgan fingerprint density at radius 3 is 2.53 bits per heavy atom. The zero-order valence-corrected chi connectivity index (χ0v) is 10.2. The van der Waals surface area contributed by atoms with Gasteiger partial charge in [0.1, 0.15) is 12.2 Å². The minimum absolute atomic E-state index is 0.0788. The molecular formula is C13H12N2O4. The molecule has 1 heterocycles. The number of nitrogens with one attached hydrogen (secondary N) is 1. The third-order valence-corrected chi connectivity index (χ3v) is 2.64. The van der Waals surface area contributed by atoms with Gasteiger partial charge in [0.2, 0.25) is 0 Å². The molecular weight excluding hydrogens is 248 g/mol. The summed E-state index contributed by atoms with van der Waals surface area (Å²) in [6.07, 6.45) is 1.52. The van der Waals surface area contributed by atoms with Crippen molar-refractivity contribution < 1.29 is 19.5 Å². The van der Waals surface area contributed by atoms with Crippen LogP contribution in [0.2, 0.25) is 0 Å². The molecule has 98 valence electrons. The van der Waals surface area contributed by atoms with E-state index in [1.165, 1.54) is 6.08 Å². The van der Waals surface area contributed by atoms with Crippen molar-refractivity contribution in [3.63, 3.8) is 0 Å². The van der Waals surface area contributed by atoms with Crippen LogP contribution < -0.4 is 5.32 Å². The van der Waals surface area contributed by atoms with E-state index in [4.69, 9.17) is 5.11 Å². The standard InChI is InChI=1S/C13H12N2O4/c1-8-2-4-9(5-3-8)6-10-12(18)15(7-11(16)17)13(19)14-10/h2-6H,7H2,1H3,(H,14,19)(H,16,17)/b10-6-. The fraction of sp³-hybridized carbons (Fsp3) is 0.154. The summed E-state index contributed by atoms with van der Waals surface area (Å²) in [5.74, 6) is -1.87. The van der Waals surface area contributed by atoms with E-state index in [9.17, 15) is 14.4 Å². The second kappa shape index (κ2) is 4.93. The van der Waals surface area contributed by atoms with Crippen LogP contribution in [0.3, 0.4) is 0 Å². The first-order valence-electron chi connectivity index (χ1n) is 5.60. The molecule has 0 atom stereocenters. The molecule has 0 spiro atoms. The minimum Gasteiger partial charge on any atom is -0.480 e. The number of carboxylic acids is 1. The molecule has 0 radical (unpaired) electrons. The number of carbonyl (C=O) groups is 3. The SMILES string of the molecule is Cc1ccc(/C=C2\NC(=O)N(CC(=O)O)C2=O)cc1. The summed E-state index contributed by atoms with van der Waals surface area (Å²) in [6, 6.07) is 6.65. The van der Waals surface area contributed by atoms with Gasteiger partial charge < -0.3 is 10.4 Å². The lowest BCUT2D eigenvalue weighted by molar-refractivity contribution is -0.140. The second-order valence-electron chi connectivity index (χ2n) is 4.18. The highest BCUT2D eigenvalue weighted by molar-refractivity contribution is 6.15. The first-order chi connectivity index (χ1) is 8.97. The number of benzene rings is 1. The highest BCUT2D eigenvalue weighted by Gasteiger charge is 2.34. The molecule has 19 heavy (non-hydrogen) atoms. The van der Waals surface area contributed by atoms with Gasteiger partial charge in [0.05, 0.1) is 0 Å². The summed E-state index contributed by atoms with van der Waals surface area (Å²) in [6.45, 7) is 1.30. The first-order valence-corrected chi connectivity index (χ1v) is 5.60. The monoisotopic (exact) mass is 260 g/mol. The quantitative estimate of drug-likeness (QED) is 0.626. The number of amides is 3. The van der Waals surface area contributed by atoms with E-state index >= 15 is 0 Å². The number of rotatable bonds is 3. The van der Waals surface area contributed by atoms with E-state index in [2.05, 4.69) is 5.32 Å². The van der Waals surface area contributed by atoms with Crippen molar-refractivity contribution in [2.75, 3.05) is 6.54 Å². The third-order valence-electron chi connectivity index (χ3n) is 2.64. The summed E-state index contributed by atoms with van der Waals surface area (Å²) >= 11 is 0. The topological polar surface area (TPSA) is 86.7 Å². The normalized spacial score (nSPS) is 16.9. The zero-order valence-electron chi connectivity index (χ0n) is 10.2. The van der Waals surface area contributed by atoms with Crippen LogP contribution >= 0.6 is 0 Å². The minimum atomic E-state index is -1.24. The largest absolute Gasteiger partial charge is 0.480 e. The van der Waals surface area contributed by atoms with Crippen LogP contribution in [-0.2, 0) is 9.59 Å². The van der Waals surface area contributed by atoms with Gasteiger partial charge in [0.25, 0.3) is 5.91 Å². The number of urea groups is 1. The van der Waals surface area contributed by atoms with E-state index < -0.39 is 24.5 Å². The Bertz CT molecular complexity index is 575. The Morgan fingerprint density at radius 2 is 1.95 bits per heavy atom. The number of aliphatic carboxylic acids is 1. The number of hydrogen-bond acceptors (Lipinski definition) is 3. The molecule has 0 bridgehead atoms. The molecule has 6 nitrogen and oxygen atoms in total. The van der Waals surface area contributed by atoms with Gasteiger partial charge in [-0.05, 0) is 18.6 Å². The Hall–Kier alpha value is -2.63. The van der Waals surface area contributed by atoms with Crippen LogP contribution in [0.15, 0.2) is 30.0 Å². The van der Waals surface area contributed by atoms with Crippen LogP contribution in [0.5, 0.6) is 0 Å². The number of carbonyl (C=O) groups excluding carboxylic acids is 2. The number of aryl methyl sites for hydroxylation is 1. The van der Waals surface area contributed by atoms with Gasteiger partial charge in [-0.25, -0.2) is 9.69 Å². The van der Waals surface area contributed by atoms with Crippen LogP contribution in [0.1, 0.15) is 11.1 Å². The molecule has 2 rings (SSSR count). The molecule has 0 unspecified atom stereocenters. The van der Waals surface area contributed by atoms with Crippen molar-refractivity contribution in [3.05, 3.63) is 41.1 Å². The lowest BCUT2D eigenvalue weighted by atomic mass is 10.1. The average molecular weight is 260 g/mol. The maximum atomic E-state index is 11.8. The van der Waals surface area contributed by atoms with Gasteiger partial charge in [0, 0.05) is 0 Å². The van der Waals surface area contributed by atoms with Crippen molar-refractivity contribution in [2.24, 2.45) is 0 Å². The fourth-order valence-corrected chi connectivity index (χ4v) is 1.68. The predicted molar refractivity (Wildman–Crippen MR) is 67.0 cm³/mol. The van der Waals surface area contributed by atoms with Gasteiger partial charge in [-0.1, -0.05) is 29.8 Å². The van der Waals surface area contributed by atoms with Crippen LogP contribution in [0, 0.1) is 6.92 Å². The van der Waals surface area contributed by atoms with Gasteiger partial charge in [-0.3, -0.25) is 9.59 Å². The van der Waals surface area contributed by atoms with Crippen LogP contribution in [-0.4, -0.2) is 34.5 Å². The highest BCUT2D eigenvalue weighted by atomic mass is 16.4. The van der Waals surface area contributed by atoms with Crippen molar-refractivity contribution in [1.29, 1.82) is 0 Å². The number of nitrogens with zero attached hydrogens (tertiary/aromatic N) is 1. The molecule has 1 aliphatic rings. The Balaban J connectivity index is 2.23. The van der Waals surface area contributed by atoms with E-state index in [0.29, 0.717) is 4.90 Å². The molecule has 1 saturated heterocycles. The lowest BCUT2D eigenvalue weighted by Crippen LogP contribution is -2.35. The van der Waals surface area contributed by atoms with E-state index in [1.54, 1.807) is 0 Å². The summed E-state index contributed by atoms with van der Waals surface area (Å²) < 4.78 is 0. The molecule has 6 heteroatoms. The fourth-order valence-electron chi connectivity index (χ4n) is 1.68. The smallest absolute Gasteiger partial charge is 0.329 e. The van der Waals surface area contributed by atoms with Crippen molar-refractivity contribution >= 4 is 24.0 Å². The maximum Gasteiger partial charge on any atom is 0.329 e. The van der Waals surface area contributed by atoms with Gasteiger partial charge in [-0.15, -0.1) is 0 Å². The Labute approximate surface area is 109 Å². The lowest BCUT2D eigenvalue weighted by Gasteiger charge is -2.06. The molecule has 1 aromatic rings. The van der Waals surface area contributed by atoms with Crippen molar-refractivity contribution in [3.8, 4) is 0 Å². The zero-order chi connectivity index (χ0) is 14.0. The van der Waals surface area contributed by atoms with E-state index in [0.717, 1.165) is 11.1 Å². The first kappa shape index (κ1) is 12.8. The summed E-state index contributed by atoms with van der Waals surface area (Å²) in [5.41, 5.74) is 1.91. The Morgan fingerprint density at radius 1 is 1.32 bits per heavy atom. The molecule has 0 aromatic heterocycles. The number of carboxylic acid groups (broad SMARTS) is 1. The summed E-state index contributed by atoms with van der Waals surface area (Å²) in [5, 5.41) is 11.0.